The van der Waals surface area contributed by atoms with Crippen molar-refractivity contribution < 1.29 is 13.2 Å². The van der Waals surface area contributed by atoms with Crippen molar-refractivity contribution in [2.24, 2.45) is 5.92 Å². The van der Waals surface area contributed by atoms with Crippen LogP contribution in [0.1, 0.15) is 25.0 Å². The van der Waals surface area contributed by atoms with Gasteiger partial charge >= 0.3 is 0 Å². The Hall–Kier alpha value is -1.47. The van der Waals surface area contributed by atoms with Crippen LogP contribution in [0.4, 0.5) is 0 Å². The fourth-order valence-corrected chi connectivity index (χ4v) is 3.94. The number of nitrogens with zero attached hydrogens (tertiary/aromatic N) is 3. The molecule has 1 amide bonds. The molecule has 7 heteroatoms. The third kappa shape index (κ3) is 3.15. The van der Waals surface area contributed by atoms with Gasteiger partial charge in [-0.2, -0.15) is 4.31 Å². The Morgan fingerprint density at radius 1 is 1.36 bits per heavy atom. The molecule has 0 spiro atoms. The molecule has 1 aromatic heterocycles. The van der Waals surface area contributed by atoms with Crippen LogP contribution in [-0.4, -0.2) is 53.9 Å². The lowest BCUT2D eigenvalue weighted by atomic mass is 9.83. The van der Waals surface area contributed by atoms with Crippen LogP contribution in [0, 0.1) is 5.92 Å². The molecule has 1 aromatic rings. The molecule has 0 bridgehead atoms. The lowest BCUT2D eigenvalue weighted by Crippen LogP contribution is -2.63. The molecular formula is C15H21N3O3S. The Morgan fingerprint density at radius 3 is 2.59 bits per heavy atom. The summed E-state index contributed by atoms with van der Waals surface area (Å²) in [4.78, 5) is 18.1. The Labute approximate surface area is 131 Å². The van der Waals surface area contributed by atoms with Gasteiger partial charge in [0.15, 0.2) is 0 Å². The van der Waals surface area contributed by atoms with E-state index in [-0.39, 0.29) is 24.4 Å². The lowest BCUT2D eigenvalue weighted by Gasteiger charge is -2.46. The van der Waals surface area contributed by atoms with Gasteiger partial charge in [-0.3, -0.25) is 9.78 Å². The number of pyridine rings is 1. The first kappa shape index (κ1) is 15.4. The van der Waals surface area contributed by atoms with E-state index in [9.17, 15) is 13.2 Å². The highest BCUT2D eigenvalue weighted by atomic mass is 32.2. The average molecular weight is 323 g/mol. The van der Waals surface area contributed by atoms with Gasteiger partial charge in [0, 0.05) is 25.2 Å². The number of carbonyl (C=O) groups excluding carboxylic acids is 1. The van der Waals surface area contributed by atoms with Crippen LogP contribution in [0.25, 0.3) is 0 Å². The van der Waals surface area contributed by atoms with E-state index in [0.29, 0.717) is 13.1 Å². The molecule has 1 aliphatic heterocycles. The summed E-state index contributed by atoms with van der Waals surface area (Å²) in [6, 6.07) is 5.32. The molecule has 1 saturated heterocycles. The van der Waals surface area contributed by atoms with Gasteiger partial charge < -0.3 is 4.90 Å². The molecule has 0 aromatic carbocycles. The minimum absolute atomic E-state index is 0.138. The molecule has 0 unspecified atom stereocenters. The van der Waals surface area contributed by atoms with Crippen molar-refractivity contribution in [3.8, 4) is 0 Å². The minimum Gasteiger partial charge on any atom is -0.339 e. The first-order valence-electron chi connectivity index (χ1n) is 7.60. The largest absolute Gasteiger partial charge is 0.339 e. The lowest BCUT2D eigenvalue weighted by molar-refractivity contribution is -0.144. The summed E-state index contributed by atoms with van der Waals surface area (Å²) in [5.41, 5.74) is 0.719. The molecule has 6 nitrogen and oxygen atoms in total. The number of sulfonamides is 1. The van der Waals surface area contributed by atoms with Crippen LogP contribution in [0.15, 0.2) is 24.4 Å². The Bertz CT molecular complexity index is 637. The highest BCUT2D eigenvalue weighted by Crippen LogP contribution is 2.31. The standard InChI is InChI=1S/C15H21N3O3S/c1-22(20,21)18(9-13-7-2-3-8-16-13)14-10-17(11-14)15(19)12-5-4-6-12/h2-3,7-8,12,14H,4-6,9-11H2,1H3. The van der Waals surface area contributed by atoms with Gasteiger partial charge in [-0.15, -0.1) is 0 Å². The summed E-state index contributed by atoms with van der Waals surface area (Å²) in [7, 11) is -3.33. The minimum atomic E-state index is -3.33. The zero-order chi connectivity index (χ0) is 15.7. The van der Waals surface area contributed by atoms with E-state index >= 15 is 0 Å². The van der Waals surface area contributed by atoms with Gasteiger partial charge in [0.1, 0.15) is 0 Å². The topological polar surface area (TPSA) is 70.6 Å². The number of likely N-dealkylation sites (tertiary alicyclic amines) is 1. The monoisotopic (exact) mass is 323 g/mol. The summed E-state index contributed by atoms with van der Waals surface area (Å²) in [6.07, 6.45) is 5.95. The number of amides is 1. The van der Waals surface area contributed by atoms with Crippen LogP contribution in [0.2, 0.25) is 0 Å². The second kappa shape index (κ2) is 5.96. The van der Waals surface area contributed by atoms with Gasteiger partial charge in [0.2, 0.25) is 15.9 Å². The number of carbonyl (C=O) groups is 1. The van der Waals surface area contributed by atoms with Crippen molar-refractivity contribution in [3.05, 3.63) is 30.1 Å². The van der Waals surface area contributed by atoms with Crippen LogP contribution in [-0.2, 0) is 21.4 Å². The van der Waals surface area contributed by atoms with E-state index in [1.54, 1.807) is 17.2 Å². The van der Waals surface area contributed by atoms with E-state index in [0.717, 1.165) is 25.0 Å². The van der Waals surface area contributed by atoms with Gasteiger partial charge in [-0.05, 0) is 25.0 Å². The molecule has 22 heavy (non-hydrogen) atoms. The maximum Gasteiger partial charge on any atom is 0.225 e. The van der Waals surface area contributed by atoms with E-state index in [2.05, 4.69) is 4.98 Å². The summed E-state index contributed by atoms with van der Waals surface area (Å²) in [6.45, 7) is 1.25. The second-order valence-corrected chi connectivity index (χ2v) is 8.09. The molecule has 0 N–H and O–H groups in total. The molecule has 2 fully saturated rings. The maximum atomic E-state index is 12.1. The normalized spacial score (nSPS) is 19.8. The first-order chi connectivity index (χ1) is 10.4. The van der Waals surface area contributed by atoms with Gasteiger partial charge in [-0.25, -0.2) is 8.42 Å². The Balaban J connectivity index is 1.63. The summed E-state index contributed by atoms with van der Waals surface area (Å²) in [5, 5.41) is 0. The van der Waals surface area contributed by atoms with Crippen LogP contribution < -0.4 is 0 Å². The van der Waals surface area contributed by atoms with E-state index in [1.165, 1.54) is 10.6 Å². The molecular weight excluding hydrogens is 302 g/mol. The predicted octanol–water partition coefficient (Wildman–Crippen LogP) is 0.854. The Morgan fingerprint density at radius 2 is 2.09 bits per heavy atom. The second-order valence-electron chi connectivity index (χ2n) is 6.15. The molecule has 1 saturated carbocycles. The highest BCUT2D eigenvalue weighted by Gasteiger charge is 2.41. The van der Waals surface area contributed by atoms with Crippen LogP contribution >= 0.6 is 0 Å². The number of hydrogen-bond acceptors (Lipinski definition) is 4. The fraction of sp³-hybridized carbons (Fsp3) is 0.600. The zero-order valence-corrected chi connectivity index (χ0v) is 13.5. The van der Waals surface area contributed by atoms with Crippen molar-refractivity contribution >= 4 is 15.9 Å². The van der Waals surface area contributed by atoms with Gasteiger partial charge in [0.25, 0.3) is 0 Å². The highest BCUT2D eigenvalue weighted by molar-refractivity contribution is 7.88. The number of rotatable bonds is 5. The predicted molar refractivity (Wildman–Crippen MR) is 82.3 cm³/mol. The van der Waals surface area contributed by atoms with Crippen molar-refractivity contribution in [1.29, 1.82) is 0 Å². The van der Waals surface area contributed by atoms with Crippen LogP contribution in [0.3, 0.4) is 0 Å². The zero-order valence-electron chi connectivity index (χ0n) is 12.7. The summed E-state index contributed by atoms with van der Waals surface area (Å²) in [5.74, 6) is 0.359. The van der Waals surface area contributed by atoms with Gasteiger partial charge in [-0.1, -0.05) is 12.5 Å². The fourth-order valence-electron chi connectivity index (χ4n) is 2.90. The van der Waals surface area contributed by atoms with Crippen LogP contribution in [0.5, 0.6) is 0 Å². The summed E-state index contributed by atoms with van der Waals surface area (Å²) >= 11 is 0. The quantitative estimate of drug-likeness (QED) is 0.805. The maximum absolute atomic E-state index is 12.1. The van der Waals surface area contributed by atoms with Crippen molar-refractivity contribution in [3.63, 3.8) is 0 Å². The van der Waals surface area contributed by atoms with E-state index in [4.69, 9.17) is 0 Å². The SMILES string of the molecule is CS(=O)(=O)N(Cc1ccccn1)C1CN(C(=O)C2CCC2)C1. The number of hydrogen-bond donors (Lipinski definition) is 0. The molecule has 3 rings (SSSR count). The van der Waals surface area contributed by atoms with Gasteiger partial charge in [0.05, 0.1) is 24.5 Å². The molecule has 1 aliphatic carbocycles. The molecule has 0 atom stereocenters. The third-order valence-corrected chi connectivity index (χ3v) is 5.78. The molecule has 0 radical (unpaired) electrons. The number of aromatic nitrogens is 1. The first-order valence-corrected chi connectivity index (χ1v) is 9.45. The molecule has 120 valence electrons. The molecule has 2 heterocycles. The van der Waals surface area contributed by atoms with Crippen molar-refractivity contribution in [1.82, 2.24) is 14.2 Å². The van der Waals surface area contributed by atoms with E-state index in [1.807, 2.05) is 12.1 Å². The summed E-state index contributed by atoms with van der Waals surface area (Å²) < 4.78 is 25.5. The third-order valence-electron chi connectivity index (χ3n) is 4.51. The van der Waals surface area contributed by atoms with Crippen molar-refractivity contribution in [2.75, 3.05) is 19.3 Å². The van der Waals surface area contributed by atoms with E-state index < -0.39 is 10.0 Å². The Kier molecular flexibility index (Phi) is 4.18. The molecule has 2 aliphatic rings. The average Bonchev–Trinajstić information content (AvgIpc) is 2.34. The van der Waals surface area contributed by atoms with Crippen molar-refractivity contribution in [2.45, 2.75) is 31.8 Å². The smallest absolute Gasteiger partial charge is 0.225 e.